The molecular weight excluding hydrogens is 256 g/mol. The summed E-state index contributed by atoms with van der Waals surface area (Å²) in [4.78, 5) is 0. The van der Waals surface area contributed by atoms with Crippen LogP contribution in [0.3, 0.4) is 0 Å². The van der Waals surface area contributed by atoms with Gasteiger partial charge in [0, 0.05) is 0 Å². The van der Waals surface area contributed by atoms with Crippen molar-refractivity contribution in [2.75, 3.05) is 6.61 Å². The van der Waals surface area contributed by atoms with E-state index in [9.17, 15) is 0 Å². The highest BCUT2D eigenvalue weighted by Gasteiger charge is 2.42. The van der Waals surface area contributed by atoms with Crippen LogP contribution in [0.25, 0.3) is 0 Å². The lowest BCUT2D eigenvalue weighted by molar-refractivity contribution is 0.281. The summed E-state index contributed by atoms with van der Waals surface area (Å²) in [5.74, 6) is 0. The van der Waals surface area contributed by atoms with Crippen LogP contribution in [-0.4, -0.2) is 12.2 Å². The van der Waals surface area contributed by atoms with Gasteiger partial charge >= 0.3 is 0 Å². The molecule has 1 heterocycles. The molecule has 0 N–H and O–H groups in total. The number of epoxide rings is 1. The van der Waals surface area contributed by atoms with Crippen molar-refractivity contribution in [3.8, 4) is 0 Å². The van der Waals surface area contributed by atoms with Gasteiger partial charge in [-0.1, -0.05) is 45.9 Å². The summed E-state index contributed by atoms with van der Waals surface area (Å²) in [5, 5.41) is 0. The highest BCUT2D eigenvalue weighted by molar-refractivity contribution is 5.35. The van der Waals surface area contributed by atoms with Gasteiger partial charge in [0.05, 0.1) is 12.2 Å². The number of benzene rings is 1. The smallest absolute Gasteiger partial charge is 0.0917 e. The maximum Gasteiger partial charge on any atom is 0.0917 e. The van der Waals surface area contributed by atoms with E-state index in [1.807, 2.05) is 0 Å². The van der Waals surface area contributed by atoms with Crippen molar-refractivity contribution in [2.24, 2.45) is 0 Å². The number of aryl methyl sites for hydroxylation is 2. The van der Waals surface area contributed by atoms with Gasteiger partial charge in [0.15, 0.2) is 0 Å². The third kappa shape index (κ3) is 3.34. The standard InChI is InChI=1S/C20H32O/c1-6-19(7-2,8-3)18-11-10-17(16(5)14-18)12-13-20(9-4)15-21-20/h10-11,14H,6-9,12-13,15H2,1-5H3. The summed E-state index contributed by atoms with van der Waals surface area (Å²) in [5.41, 5.74) is 5.07. The molecule has 21 heavy (non-hydrogen) atoms. The quantitative estimate of drug-likeness (QED) is 0.569. The van der Waals surface area contributed by atoms with Crippen LogP contribution < -0.4 is 0 Å². The third-order valence-corrected chi connectivity index (χ3v) is 6.03. The Morgan fingerprint density at radius 1 is 1.10 bits per heavy atom. The Hall–Kier alpha value is -0.820. The Balaban J connectivity index is 2.13. The molecule has 1 fully saturated rings. The van der Waals surface area contributed by atoms with Crippen LogP contribution in [0.1, 0.15) is 76.5 Å². The molecule has 2 rings (SSSR count). The molecule has 1 aromatic rings. The first-order valence-electron chi connectivity index (χ1n) is 8.78. The first-order valence-corrected chi connectivity index (χ1v) is 8.78. The second-order valence-corrected chi connectivity index (χ2v) is 6.81. The predicted molar refractivity (Wildman–Crippen MR) is 91.0 cm³/mol. The zero-order chi connectivity index (χ0) is 15.5. The van der Waals surface area contributed by atoms with Crippen molar-refractivity contribution >= 4 is 0 Å². The van der Waals surface area contributed by atoms with E-state index >= 15 is 0 Å². The monoisotopic (exact) mass is 288 g/mol. The Kier molecular flexibility index (Phi) is 5.14. The van der Waals surface area contributed by atoms with Crippen molar-refractivity contribution in [1.29, 1.82) is 0 Å². The Bertz CT molecular complexity index is 458. The molecule has 1 heteroatoms. The Labute approximate surface area is 131 Å². The lowest BCUT2D eigenvalue weighted by Gasteiger charge is -2.32. The maximum absolute atomic E-state index is 5.64. The largest absolute Gasteiger partial charge is 0.370 e. The van der Waals surface area contributed by atoms with Gasteiger partial charge in [-0.25, -0.2) is 0 Å². The molecule has 1 aliphatic heterocycles. The fourth-order valence-electron chi connectivity index (χ4n) is 3.66. The molecule has 0 radical (unpaired) electrons. The molecule has 1 aromatic carbocycles. The van der Waals surface area contributed by atoms with E-state index in [0.29, 0.717) is 5.41 Å². The molecule has 1 saturated heterocycles. The lowest BCUT2D eigenvalue weighted by Crippen LogP contribution is -2.23. The van der Waals surface area contributed by atoms with E-state index in [0.717, 1.165) is 19.4 Å². The zero-order valence-corrected chi connectivity index (χ0v) is 14.6. The fraction of sp³-hybridized carbons (Fsp3) is 0.700. The van der Waals surface area contributed by atoms with E-state index < -0.39 is 0 Å². The summed E-state index contributed by atoms with van der Waals surface area (Å²) in [7, 11) is 0. The molecule has 0 aromatic heterocycles. The molecule has 0 amide bonds. The number of ether oxygens (including phenoxy) is 1. The second-order valence-electron chi connectivity index (χ2n) is 6.81. The summed E-state index contributed by atoms with van der Waals surface area (Å²) in [6.07, 6.45) is 7.15. The lowest BCUT2D eigenvalue weighted by atomic mass is 9.73. The SMILES string of the molecule is CCC1(CCc2ccc(C(CC)(CC)CC)cc2C)CO1. The predicted octanol–water partition coefficient (Wildman–Crippen LogP) is 5.57. The Morgan fingerprint density at radius 3 is 2.14 bits per heavy atom. The van der Waals surface area contributed by atoms with Crippen LogP contribution in [0.15, 0.2) is 18.2 Å². The summed E-state index contributed by atoms with van der Waals surface area (Å²) < 4.78 is 5.64. The van der Waals surface area contributed by atoms with Crippen LogP contribution in [-0.2, 0) is 16.6 Å². The minimum absolute atomic E-state index is 0.213. The molecule has 0 spiro atoms. The van der Waals surface area contributed by atoms with Crippen molar-refractivity contribution in [3.63, 3.8) is 0 Å². The maximum atomic E-state index is 5.64. The van der Waals surface area contributed by atoms with E-state index in [-0.39, 0.29) is 5.60 Å². The normalized spacial score (nSPS) is 21.6. The highest BCUT2D eigenvalue weighted by Crippen LogP contribution is 2.38. The van der Waals surface area contributed by atoms with Gasteiger partial charge in [0.1, 0.15) is 0 Å². The van der Waals surface area contributed by atoms with E-state index in [1.165, 1.54) is 42.4 Å². The van der Waals surface area contributed by atoms with Gasteiger partial charge in [0.2, 0.25) is 0 Å². The number of rotatable bonds is 8. The fourth-order valence-corrected chi connectivity index (χ4v) is 3.66. The van der Waals surface area contributed by atoms with Gasteiger partial charge in [-0.05, 0) is 67.6 Å². The van der Waals surface area contributed by atoms with Crippen LogP contribution in [0, 0.1) is 6.92 Å². The minimum Gasteiger partial charge on any atom is -0.370 e. The molecular formula is C20H32O. The molecule has 0 saturated carbocycles. The van der Waals surface area contributed by atoms with Crippen LogP contribution in [0.5, 0.6) is 0 Å². The van der Waals surface area contributed by atoms with Crippen molar-refractivity contribution in [3.05, 3.63) is 34.9 Å². The highest BCUT2D eigenvalue weighted by atomic mass is 16.6. The first-order chi connectivity index (χ1) is 10.0. The van der Waals surface area contributed by atoms with Gasteiger partial charge in [0.25, 0.3) is 0 Å². The average molecular weight is 288 g/mol. The zero-order valence-electron chi connectivity index (χ0n) is 14.6. The molecule has 1 nitrogen and oxygen atoms in total. The Morgan fingerprint density at radius 2 is 1.71 bits per heavy atom. The van der Waals surface area contributed by atoms with E-state index in [1.54, 1.807) is 0 Å². The molecule has 1 aliphatic rings. The molecule has 1 atom stereocenters. The van der Waals surface area contributed by atoms with Crippen molar-refractivity contribution in [1.82, 2.24) is 0 Å². The average Bonchev–Trinajstić information content (AvgIpc) is 3.29. The molecule has 118 valence electrons. The van der Waals surface area contributed by atoms with Crippen LogP contribution >= 0.6 is 0 Å². The van der Waals surface area contributed by atoms with Crippen molar-refractivity contribution < 1.29 is 4.74 Å². The summed E-state index contributed by atoms with van der Waals surface area (Å²) >= 11 is 0. The molecule has 1 unspecified atom stereocenters. The van der Waals surface area contributed by atoms with Gasteiger partial charge in [-0.2, -0.15) is 0 Å². The summed E-state index contributed by atoms with van der Waals surface area (Å²) in [6.45, 7) is 12.5. The topological polar surface area (TPSA) is 12.5 Å². The first kappa shape index (κ1) is 16.5. The number of hydrogen-bond donors (Lipinski definition) is 0. The van der Waals surface area contributed by atoms with Gasteiger partial charge in [-0.3, -0.25) is 0 Å². The van der Waals surface area contributed by atoms with Crippen LogP contribution in [0.2, 0.25) is 0 Å². The number of hydrogen-bond acceptors (Lipinski definition) is 1. The molecule has 0 aliphatic carbocycles. The van der Waals surface area contributed by atoms with Gasteiger partial charge < -0.3 is 4.74 Å². The van der Waals surface area contributed by atoms with Crippen molar-refractivity contribution in [2.45, 2.75) is 84.2 Å². The summed E-state index contributed by atoms with van der Waals surface area (Å²) in [6, 6.07) is 7.19. The van der Waals surface area contributed by atoms with E-state index in [4.69, 9.17) is 4.74 Å². The second kappa shape index (κ2) is 6.52. The third-order valence-electron chi connectivity index (χ3n) is 6.03. The minimum atomic E-state index is 0.213. The van der Waals surface area contributed by atoms with Crippen LogP contribution in [0.4, 0.5) is 0 Å². The van der Waals surface area contributed by atoms with E-state index in [2.05, 4.69) is 52.8 Å². The molecule has 0 bridgehead atoms. The van der Waals surface area contributed by atoms with Gasteiger partial charge in [-0.15, -0.1) is 0 Å².